The molecule has 10 heteroatoms. The lowest BCUT2D eigenvalue weighted by Gasteiger charge is -2.12. The smallest absolute Gasteiger partial charge is 0.422 e. The Labute approximate surface area is 168 Å². The molecular weight excluding hydrogens is 405 g/mol. The van der Waals surface area contributed by atoms with Crippen molar-refractivity contribution < 1.29 is 22.7 Å². The van der Waals surface area contributed by atoms with Crippen molar-refractivity contribution in [1.29, 1.82) is 0 Å². The summed E-state index contributed by atoms with van der Waals surface area (Å²) in [6, 6.07) is 7.32. The van der Waals surface area contributed by atoms with Crippen LogP contribution >= 0.6 is 11.3 Å². The molecule has 1 amide bonds. The molecule has 2 N–H and O–H groups in total. The fourth-order valence-corrected chi connectivity index (χ4v) is 4.23. The molecule has 1 aromatic carbocycles. The minimum atomic E-state index is -4.42. The van der Waals surface area contributed by atoms with Crippen LogP contribution in [0.15, 0.2) is 24.3 Å². The molecule has 3 aromatic rings. The summed E-state index contributed by atoms with van der Waals surface area (Å²) in [7, 11) is 0. The number of alkyl halides is 3. The molecule has 2 heterocycles. The van der Waals surface area contributed by atoms with Gasteiger partial charge in [0.25, 0.3) is 5.19 Å². The first-order chi connectivity index (χ1) is 13.7. The van der Waals surface area contributed by atoms with E-state index in [1.165, 1.54) is 0 Å². The molecule has 1 fully saturated rings. The highest BCUT2D eigenvalue weighted by Gasteiger charge is 2.46. The fraction of sp³-hybridized carbons (Fsp3) is 0.421. The Morgan fingerprint density at radius 1 is 1.38 bits per heavy atom. The molecule has 6 nitrogen and oxygen atoms in total. The van der Waals surface area contributed by atoms with E-state index < -0.39 is 12.8 Å². The third kappa shape index (κ3) is 4.36. The van der Waals surface area contributed by atoms with Crippen molar-refractivity contribution in [2.75, 3.05) is 6.61 Å². The molecule has 0 saturated heterocycles. The van der Waals surface area contributed by atoms with Crippen LogP contribution in [-0.4, -0.2) is 33.6 Å². The zero-order chi connectivity index (χ0) is 20.8. The largest absolute Gasteiger partial charge is 0.460 e. The maximum Gasteiger partial charge on any atom is 0.422 e. The number of ether oxygens (including phenoxy) is 1. The Morgan fingerprint density at radius 3 is 2.86 bits per heavy atom. The summed E-state index contributed by atoms with van der Waals surface area (Å²) in [6.07, 6.45) is -3.71. The monoisotopic (exact) mass is 424 g/mol. The van der Waals surface area contributed by atoms with Gasteiger partial charge in [0.2, 0.25) is 5.91 Å². The van der Waals surface area contributed by atoms with Crippen molar-refractivity contribution in [3.05, 3.63) is 40.7 Å². The van der Waals surface area contributed by atoms with Crippen molar-refractivity contribution >= 4 is 28.3 Å². The second kappa shape index (κ2) is 7.33. The van der Waals surface area contributed by atoms with Crippen molar-refractivity contribution in [2.45, 2.75) is 38.4 Å². The van der Waals surface area contributed by atoms with Crippen LogP contribution in [-0.2, 0) is 4.79 Å². The zero-order valence-electron chi connectivity index (χ0n) is 15.7. The van der Waals surface area contributed by atoms with Crippen LogP contribution < -0.4 is 10.1 Å². The Kier molecular flexibility index (Phi) is 4.97. The summed E-state index contributed by atoms with van der Waals surface area (Å²) in [6.45, 7) is 2.08. The van der Waals surface area contributed by atoms with Crippen LogP contribution in [0.1, 0.15) is 41.7 Å². The molecule has 29 heavy (non-hydrogen) atoms. The molecule has 0 spiro atoms. The highest BCUT2D eigenvalue weighted by Crippen LogP contribution is 2.47. The van der Waals surface area contributed by atoms with E-state index in [9.17, 15) is 18.0 Å². The lowest BCUT2D eigenvalue weighted by atomic mass is 10.2. The number of para-hydroxylation sites is 2. The molecule has 0 aliphatic heterocycles. The van der Waals surface area contributed by atoms with Crippen LogP contribution in [0.5, 0.6) is 5.19 Å². The summed E-state index contributed by atoms with van der Waals surface area (Å²) in [4.78, 5) is 25.1. The number of nitrogens with one attached hydrogen (secondary N) is 2. The number of nitrogens with zero attached hydrogens (tertiary/aromatic N) is 2. The van der Waals surface area contributed by atoms with Crippen molar-refractivity contribution in [1.82, 2.24) is 20.3 Å². The van der Waals surface area contributed by atoms with E-state index in [0.717, 1.165) is 28.2 Å². The number of carbonyl (C=O) groups is 1. The van der Waals surface area contributed by atoms with Gasteiger partial charge in [0.1, 0.15) is 5.82 Å². The normalized spacial score (nSPS) is 19.9. The van der Waals surface area contributed by atoms with Crippen LogP contribution in [0, 0.1) is 12.8 Å². The molecule has 3 atom stereocenters. The first-order valence-electron chi connectivity index (χ1n) is 9.13. The quantitative estimate of drug-likeness (QED) is 0.620. The second-order valence-corrected chi connectivity index (χ2v) is 8.14. The number of aromatic amines is 1. The maximum atomic E-state index is 12.6. The highest BCUT2D eigenvalue weighted by atomic mass is 32.1. The number of amides is 1. The number of thiazole rings is 1. The number of aromatic nitrogens is 3. The van der Waals surface area contributed by atoms with E-state index in [0.29, 0.717) is 17.0 Å². The molecule has 1 aliphatic carbocycles. The summed E-state index contributed by atoms with van der Waals surface area (Å²) in [5.74, 6) is 0.569. The molecule has 0 radical (unpaired) electrons. The van der Waals surface area contributed by atoms with Crippen molar-refractivity contribution in [2.24, 2.45) is 5.92 Å². The van der Waals surface area contributed by atoms with Crippen molar-refractivity contribution in [3.8, 4) is 5.19 Å². The lowest BCUT2D eigenvalue weighted by molar-refractivity contribution is -0.153. The van der Waals surface area contributed by atoms with Gasteiger partial charge < -0.3 is 15.0 Å². The van der Waals surface area contributed by atoms with Gasteiger partial charge in [-0.05, 0) is 32.4 Å². The minimum Gasteiger partial charge on any atom is -0.460 e. The van der Waals surface area contributed by atoms with Crippen LogP contribution in [0.25, 0.3) is 11.0 Å². The van der Waals surface area contributed by atoms with Crippen LogP contribution in [0.3, 0.4) is 0 Å². The number of benzene rings is 1. The first-order valence-corrected chi connectivity index (χ1v) is 9.95. The molecule has 0 unspecified atom stereocenters. The van der Waals surface area contributed by atoms with Crippen LogP contribution in [0.2, 0.25) is 0 Å². The first kappa shape index (κ1) is 19.7. The Morgan fingerprint density at radius 2 is 2.14 bits per heavy atom. The number of fused-ring (bicyclic) bond motifs is 1. The SMILES string of the molecule is Cc1nc(OCC(F)(F)F)sc1[C@@H](C)NC(=O)[C@H]1C[C@@H]1c1nc2ccccc2[nH]1. The van der Waals surface area contributed by atoms with Gasteiger partial charge in [0.05, 0.1) is 27.6 Å². The molecule has 4 rings (SSSR count). The van der Waals surface area contributed by atoms with Gasteiger partial charge in [-0.15, -0.1) is 0 Å². The van der Waals surface area contributed by atoms with E-state index in [-0.39, 0.29) is 29.0 Å². The Bertz CT molecular complexity index is 1010. The number of hydrogen-bond donors (Lipinski definition) is 2. The van der Waals surface area contributed by atoms with E-state index in [2.05, 4.69) is 20.3 Å². The minimum absolute atomic E-state index is 0.0443. The molecule has 2 aromatic heterocycles. The Balaban J connectivity index is 1.37. The van der Waals surface area contributed by atoms with Gasteiger partial charge in [-0.25, -0.2) is 9.97 Å². The highest BCUT2D eigenvalue weighted by molar-refractivity contribution is 7.13. The maximum absolute atomic E-state index is 12.6. The molecule has 1 aliphatic rings. The number of aryl methyl sites for hydroxylation is 1. The predicted molar refractivity (Wildman–Crippen MR) is 102 cm³/mol. The summed E-state index contributed by atoms with van der Waals surface area (Å²) in [5, 5.41) is 2.88. The number of imidazole rings is 1. The van der Waals surface area contributed by atoms with E-state index >= 15 is 0 Å². The summed E-state index contributed by atoms with van der Waals surface area (Å²) >= 11 is 1.02. The number of hydrogen-bond acceptors (Lipinski definition) is 5. The van der Waals surface area contributed by atoms with Crippen molar-refractivity contribution in [3.63, 3.8) is 0 Å². The van der Waals surface area contributed by atoms with Crippen LogP contribution in [0.4, 0.5) is 13.2 Å². The fourth-order valence-electron chi connectivity index (χ4n) is 3.31. The third-order valence-electron chi connectivity index (χ3n) is 4.81. The number of halogens is 3. The lowest BCUT2D eigenvalue weighted by Crippen LogP contribution is -2.28. The summed E-state index contributed by atoms with van der Waals surface area (Å²) < 4.78 is 41.6. The average Bonchev–Trinajstić information content (AvgIpc) is 3.19. The predicted octanol–water partition coefficient (Wildman–Crippen LogP) is 4.25. The average molecular weight is 424 g/mol. The topological polar surface area (TPSA) is 79.9 Å². The van der Waals surface area contributed by atoms with Gasteiger partial charge in [-0.3, -0.25) is 4.79 Å². The molecular formula is C19H19F3N4O2S. The number of H-pyrrole nitrogens is 1. The van der Waals surface area contributed by atoms with Gasteiger partial charge in [0, 0.05) is 11.8 Å². The van der Waals surface area contributed by atoms with Gasteiger partial charge in [-0.1, -0.05) is 23.5 Å². The number of rotatable bonds is 6. The van der Waals surface area contributed by atoms with Gasteiger partial charge in [0.15, 0.2) is 6.61 Å². The molecule has 0 bridgehead atoms. The summed E-state index contributed by atoms with van der Waals surface area (Å²) in [5.41, 5.74) is 2.35. The number of carbonyl (C=O) groups excluding carboxylic acids is 1. The molecule has 1 saturated carbocycles. The standard InChI is InChI=1S/C19H19F3N4O2S/c1-9(15-10(2)24-18(29-15)28-8-19(20,21)22)23-17(27)12-7-11(12)16-25-13-5-3-4-6-14(13)26-16/h3-6,9,11-12H,7-8H2,1-2H3,(H,23,27)(H,25,26)/t9-,11+,12+/m1/s1. The zero-order valence-corrected chi connectivity index (χ0v) is 16.5. The van der Waals surface area contributed by atoms with E-state index in [1.54, 1.807) is 13.8 Å². The Hall–Kier alpha value is -2.62. The van der Waals surface area contributed by atoms with E-state index in [4.69, 9.17) is 4.74 Å². The third-order valence-corrected chi connectivity index (χ3v) is 6.06. The van der Waals surface area contributed by atoms with Gasteiger partial charge in [-0.2, -0.15) is 13.2 Å². The second-order valence-electron chi connectivity index (χ2n) is 7.15. The molecule has 154 valence electrons. The van der Waals surface area contributed by atoms with E-state index in [1.807, 2.05) is 24.3 Å². The van der Waals surface area contributed by atoms with Gasteiger partial charge >= 0.3 is 6.18 Å².